The summed E-state index contributed by atoms with van der Waals surface area (Å²) in [5.41, 5.74) is 1.68. The molecule has 110 valence electrons. The van der Waals surface area contributed by atoms with Crippen molar-refractivity contribution < 1.29 is 14.6 Å². The van der Waals surface area contributed by atoms with E-state index in [4.69, 9.17) is 27.9 Å². The standard InChI is InChI=1S/C16H14Cl2O3/c1-10-3-2-4-13(7-10)21-15(16(19)20)8-11-5-6-12(17)9-14(11)18/h2-7,9,15H,8H2,1H3,(H,19,20)/t15-/m0/s1. The van der Waals surface area contributed by atoms with E-state index in [-0.39, 0.29) is 6.42 Å². The lowest BCUT2D eigenvalue weighted by Crippen LogP contribution is -2.29. The number of aryl methyl sites for hydroxylation is 1. The van der Waals surface area contributed by atoms with Gasteiger partial charge in [0.05, 0.1) is 0 Å². The molecule has 2 aromatic carbocycles. The smallest absolute Gasteiger partial charge is 0.345 e. The van der Waals surface area contributed by atoms with Crippen molar-refractivity contribution in [3.8, 4) is 5.75 Å². The molecule has 0 aliphatic rings. The van der Waals surface area contributed by atoms with Crippen LogP contribution >= 0.6 is 23.2 Å². The number of carbonyl (C=O) groups is 1. The van der Waals surface area contributed by atoms with Gasteiger partial charge in [-0.2, -0.15) is 0 Å². The van der Waals surface area contributed by atoms with Crippen LogP contribution in [0.15, 0.2) is 42.5 Å². The minimum absolute atomic E-state index is 0.166. The number of carboxylic acids is 1. The Balaban J connectivity index is 2.18. The van der Waals surface area contributed by atoms with Gasteiger partial charge in [-0.05, 0) is 42.3 Å². The molecule has 2 rings (SSSR count). The third-order valence-corrected chi connectivity index (χ3v) is 3.55. The number of hydrogen-bond acceptors (Lipinski definition) is 2. The lowest BCUT2D eigenvalue weighted by molar-refractivity contribution is -0.145. The summed E-state index contributed by atoms with van der Waals surface area (Å²) in [5.74, 6) is -0.519. The van der Waals surface area contributed by atoms with Gasteiger partial charge in [-0.25, -0.2) is 4.79 Å². The molecule has 0 radical (unpaired) electrons. The minimum atomic E-state index is -1.04. The molecule has 0 amide bonds. The number of carboxylic acid groups (broad SMARTS) is 1. The van der Waals surface area contributed by atoms with E-state index in [1.165, 1.54) is 0 Å². The van der Waals surface area contributed by atoms with Crippen molar-refractivity contribution in [3.05, 3.63) is 63.6 Å². The first-order valence-corrected chi connectivity index (χ1v) is 7.11. The maximum atomic E-state index is 11.4. The lowest BCUT2D eigenvalue weighted by atomic mass is 10.1. The Morgan fingerprint density at radius 3 is 2.62 bits per heavy atom. The molecule has 0 aromatic heterocycles. The Morgan fingerprint density at radius 1 is 1.24 bits per heavy atom. The van der Waals surface area contributed by atoms with Crippen LogP contribution in [0.25, 0.3) is 0 Å². The Labute approximate surface area is 133 Å². The summed E-state index contributed by atoms with van der Waals surface area (Å²) < 4.78 is 5.55. The third kappa shape index (κ3) is 4.38. The largest absolute Gasteiger partial charge is 0.478 e. The van der Waals surface area contributed by atoms with E-state index in [1.54, 1.807) is 30.3 Å². The van der Waals surface area contributed by atoms with Gasteiger partial charge in [0.1, 0.15) is 5.75 Å². The summed E-state index contributed by atoms with van der Waals surface area (Å²) >= 11 is 11.9. The summed E-state index contributed by atoms with van der Waals surface area (Å²) in [6.45, 7) is 1.92. The molecule has 0 aliphatic heterocycles. The summed E-state index contributed by atoms with van der Waals surface area (Å²) in [6.07, 6.45) is -0.843. The van der Waals surface area contributed by atoms with Crippen LogP contribution in [-0.4, -0.2) is 17.2 Å². The van der Waals surface area contributed by atoms with Gasteiger partial charge in [-0.1, -0.05) is 41.4 Å². The topological polar surface area (TPSA) is 46.5 Å². The van der Waals surface area contributed by atoms with Gasteiger partial charge >= 0.3 is 5.97 Å². The number of ether oxygens (including phenoxy) is 1. The van der Waals surface area contributed by atoms with Crippen molar-refractivity contribution >= 4 is 29.2 Å². The zero-order chi connectivity index (χ0) is 15.4. The highest BCUT2D eigenvalue weighted by molar-refractivity contribution is 6.35. The molecular formula is C16H14Cl2O3. The Kier molecular flexibility index (Phi) is 5.10. The Hall–Kier alpha value is -1.71. The fraction of sp³-hybridized carbons (Fsp3) is 0.188. The van der Waals surface area contributed by atoms with Crippen LogP contribution in [0.3, 0.4) is 0 Å². The van der Waals surface area contributed by atoms with Crippen LogP contribution in [0.4, 0.5) is 0 Å². The van der Waals surface area contributed by atoms with E-state index in [2.05, 4.69) is 0 Å². The highest BCUT2D eigenvalue weighted by Gasteiger charge is 2.21. The second-order valence-electron chi connectivity index (χ2n) is 4.70. The normalized spacial score (nSPS) is 12.0. The Bertz CT molecular complexity index is 656. The van der Waals surface area contributed by atoms with E-state index in [0.717, 1.165) is 5.56 Å². The average Bonchev–Trinajstić information content (AvgIpc) is 2.40. The van der Waals surface area contributed by atoms with Crippen molar-refractivity contribution in [3.63, 3.8) is 0 Å². The summed E-state index contributed by atoms with van der Waals surface area (Å²) in [7, 11) is 0. The van der Waals surface area contributed by atoms with Crippen LogP contribution in [0.5, 0.6) is 5.75 Å². The first-order chi connectivity index (χ1) is 9.95. The average molecular weight is 325 g/mol. The molecular weight excluding hydrogens is 311 g/mol. The van der Waals surface area contributed by atoms with Crippen LogP contribution in [-0.2, 0) is 11.2 Å². The number of halogens is 2. The van der Waals surface area contributed by atoms with Gasteiger partial charge in [0.15, 0.2) is 6.10 Å². The monoisotopic (exact) mass is 324 g/mol. The van der Waals surface area contributed by atoms with Crippen molar-refractivity contribution in [1.82, 2.24) is 0 Å². The molecule has 0 unspecified atom stereocenters. The maximum Gasteiger partial charge on any atom is 0.345 e. The van der Waals surface area contributed by atoms with Gasteiger partial charge in [0.2, 0.25) is 0 Å². The second-order valence-corrected chi connectivity index (χ2v) is 5.54. The predicted octanol–water partition coefficient (Wildman–Crippen LogP) is 4.38. The zero-order valence-corrected chi connectivity index (χ0v) is 12.9. The zero-order valence-electron chi connectivity index (χ0n) is 11.3. The molecule has 5 heteroatoms. The van der Waals surface area contributed by atoms with Crippen LogP contribution in [0.2, 0.25) is 10.0 Å². The summed E-state index contributed by atoms with van der Waals surface area (Å²) in [6, 6.07) is 12.2. The molecule has 0 heterocycles. The minimum Gasteiger partial charge on any atom is -0.478 e. The third-order valence-electron chi connectivity index (χ3n) is 2.96. The molecule has 0 saturated carbocycles. The number of aliphatic carboxylic acids is 1. The number of hydrogen-bond donors (Lipinski definition) is 1. The van der Waals surface area contributed by atoms with Gasteiger partial charge in [0.25, 0.3) is 0 Å². The number of benzene rings is 2. The van der Waals surface area contributed by atoms with Crippen LogP contribution < -0.4 is 4.74 Å². The van der Waals surface area contributed by atoms with Crippen LogP contribution in [0.1, 0.15) is 11.1 Å². The summed E-state index contributed by atoms with van der Waals surface area (Å²) in [4.78, 5) is 11.4. The van der Waals surface area contributed by atoms with Gasteiger partial charge in [-0.15, -0.1) is 0 Å². The van der Waals surface area contributed by atoms with Crippen molar-refractivity contribution in [2.75, 3.05) is 0 Å². The van der Waals surface area contributed by atoms with E-state index >= 15 is 0 Å². The second kappa shape index (κ2) is 6.83. The van der Waals surface area contributed by atoms with Crippen molar-refractivity contribution in [1.29, 1.82) is 0 Å². The molecule has 2 aromatic rings. The van der Waals surface area contributed by atoms with Gasteiger partial charge in [0, 0.05) is 16.5 Å². The van der Waals surface area contributed by atoms with Crippen LogP contribution in [0, 0.1) is 6.92 Å². The van der Waals surface area contributed by atoms with E-state index in [1.807, 2.05) is 19.1 Å². The molecule has 0 saturated heterocycles. The van der Waals surface area contributed by atoms with E-state index in [9.17, 15) is 9.90 Å². The van der Waals surface area contributed by atoms with Crippen molar-refractivity contribution in [2.24, 2.45) is 0 Å². The molecule has 0 bridgehead atoms. The van der Waals surface area contributed by atoms with Gasteiger partial charge < -0.3 is 9.84 Å². The first kappa shape index (κ1) is 15.7. The number of rotatable bonds is 5. The molecule has 3 nitrogen and oxygen atoms in total. The highest BCUT2D eigenvalue weighted by Crippen LogP contribution is 2.24. The van der Waals surface area contributed by atoms with Crippen molar-refractivity contribution in [2.45, 2.75) is 19.4 Å². The molecule has 1 atom stereocenters. The highest BCUT2D eigenvalue weighted by atomic mass is 35.5. The maximum absolute atomic E-state index is 11.4. The molecule has 0 spiro atoms. The molecule has 0 fully saturated rings. The molecule has 21 heavy (non-hydrogen) atoms. The Morgan fingerprint density at radius 2 is 2.00 bits per heavy atom. The fourth-order valence-corrected chi connectivity index (χ4v) is 2.40. The van der Waals surface area contributed by atoms with Gasteiger partial charge in [-0.3, -0.25) is 0 Å². The molecule has 1 N–H and O–H groups in total. The predicted molar refractivity (Wildman–Crippen MR) is 83.4 cm³/mol. The quantitative estimate of drug-likeness (QED) is 0.887. The molecule has 0 aliphatic carbocycles. The first-order valence-electron chi connectivity index (χ1n) is 6.36. The SMILES string of the molecule is Cc1cccc(O[C@@H](Cc2ccc(Cl)cc2Cl)C(=O)O)c1. The lowest BCUT2D eigenvalue weighted by Gasteiger charge is -2.16. The fourth-order valence-electron chi connectivity index (χ4n) is 1.92. The van der Waals surface area contributed by atoms with E-state index in [0.29, 0.717) is 21.4 Å². The summed E-state index contributed by atoms with van der Waals surface area (Å²) in [5, 5.41) is 10.3. The van der Waals surface area contributed by atoms with E-state index < -0.39 is 12.1 Å².